The maximum absolute atomic E-state index is 14.7. The minimum atomic E-state index is -3.59. The van der Waals surface area contributed by atoms with E-state index >= 15 is 0 Å². The lowest BCUT2D eigenvalue weighted by atomic mass is 9.94. The summed E-state index contributed by atoms with van der Waals surface area (Å²) in [4.78, 5) is 12.1. The van der Waals surface area contributed by atoms with E-state index in [0.29, 0.717) is 0 Å². The fourth-order valence-electron chi connectivity index (χ4n) is 2.73. The Morgan fingerprint density at radius 1 is 1.04 bits per heavy atom. The lowest BCUT2D eigenvalue weighted by Gasteiger charge is -2.09. The molecule has 4 nitrogen and oxygen atoms in total. The Kier molecular flexibility index (Phi) is 4.50. The lowest BCUT2D eigenvalue weighted by molar-refractivity contribution is -0.131. The molecule has 1 aliphatic heterocycles. The van der Waals surface area contributed by atoms with Gasteiger partial charge in [-0.2, -0.15) is 0 Å². The Morgan fingerprint density at radius 2 is 1.77 bits per heavy atom. The SMILES string of the molecule is C/C=C1\OC(=O)C(c2cccc(F)c2)=C1c1ccc(S(C)(=O)=O)cc1F. The van der Waals surface area contributed by atoms with Gasteiger partial charge in [-0.1, -0.05) is 12.1 Å². The monoisotopic (exact) mass is 376 g/mol. The largest absolute Gasteiger partial charge is 0.423 e. The number of esters is 1. The van der Waals surface area contributed by atoms with Gasteiger partial charge >= 0.3 is 5.97 Å². The first kappa shape index (κ1) is 18.0. The van der Waals surface area contributed by atoms with Gasteiger partial charge in [0.15, 0.2) is 9.84 Å². The average molecular weight is 376 g/mol. The number of carbonyl (C=O) groups excluding carboxylic acids is 1. The summed E-state index contributed by atoms with van der Waals surface area (Å²) in [6.07, 6.45) is 2.46. The molecule has 0 saturated heterocycles. The molecule has 0 fully saturated rings. The van der Waals surface area contributed by atoms with Crippen LogP contribution in [-0.4, -0.2) is 20.6 Å². The lowest BCUT2D eigenvalue weighted by Crippen LogP contribution is -2.01. The summed E-state index contributed by atoms with van der Waals surface area (Å²) >= 11 is 0. The van der Waals surface area contributed by atoms with Crippen LogP contribution in [0.2, 0.25) is 0 Å². The van der Waals surface area contributed by atoms with Crippen LogP contribution in [0, 0.1) is 11.6 Å². The second-order valence-electron chi connectivity index (χ2n) is 5.72. The number of cyclic esters (lactones) is 1. The van der Waals surface area contributed by atoms with Gasteiger partial charge in [0.1, 0.15) is 17.4 Å². The van der Waals surface area contributed by atoms with Gasteiger partial charge in [0.05, 0.1) is 10.5 Å². The molecule has 0 N–H and O–H groups in total. The molecule has 7 heteroatoms. The molecule has 2 aromatic carbocycles. The van der Waals surface area contributed by atoms with E-state index in [1.54, 1.807) is 6.92 Å². The van der Waals surface area contributed by atoms with Crippen molar-refractivity contribution in [2.75, 3.05) is 6.26 Å². The zero-order valence-corrected chi connectivity index (χ0v) is 14.7. The molecule has 26 heavy (non-hydrogen) atoms. The summed E-state index contributed by atoms with van der Waals surface area (Å²) in [6, 6.07) is 8.73. The molecule has 0 radical (unpaired) electrons. The Bertz CT molecular complexity index is 1080. The normalized spacial score (nSPS) is 16.3. The van der Waals surface area contributed by atoms with Crippen LogP contribution in [0.4, 0.5) is 8.78 Å². The summed E-state index contributed by atoms with van der Waals surface area (Å²) in [5, 5.41) is 0. The first-order valence-electron chi connectivity index (χ1n) is 7.61. The third kappa shape index (κ3) is 3.17. The van der Waals surface area contributed by atoms with E-state index in [0.717, 1.165) is 18.4 Å². The van der Waals surface area contributed by atoms with Crippen molar-refractivity contribution in [3.05, 3.63) is 77.1 Å². The minimum absolute atomic E-state index is 0.00406. The number of benzene rings is 2. The zero-order valence-electron chi connectivity index (χ0n) is 13.9. The Hall–Kier alpha value is -2.80. The number of sulfone groups is 1. The van der Waals surface area contributed by atoms with Gasteiger partial charge in [-0.15, -0.1) is 0 Å². The molecule has 0 bridgehead atoms. The molecule has 0 aromatic heterocycles. The Morgan fingerprint density at radius 3 is 2.35 bits per heavy atom. The fraction of sp³-hybridized carbons (Fsp3) is 0.105. The molecule has 134 valence electrons. The van der Waals surface area contributed by atoms with Crippen LogP contribution in [0.15, 0.2) is 59.2 Å². The van der Waals surface area contributed by atoms with E-state index < -0.39 is 27.4 Å². The number of halogens is 2. The maximum Gasteiger partial charge on any atom is 0.344 e. The minimum Gasteiger partial charge on any atom is -0.423 e. The molecule has 2 aromatic rings. The quantitative estimate of drug-likeness (QED) is 0.766. The van der Waals surface area contributed by atoms with Crippen molar-refractivity contribution in [1.82, 2.24) is 0 Å². The van der Waals surface area contributed by atoms with E-state index in [1.165, 1.54) is 36.4 Å². The van der Waals surface area contributed by atoms with Crippen molar-refractivity contribution < 1.29 is 26.7 Å². The summed E-state index contributed by atoms with van der Waals surface area (Å²) in [5.41, 5.74) is 0.410. The molecular formula is C19H14F2O4S. The smallest absolute Gasteiger partial charge is 0.344 e. The topological polar surface area (TPSA) is 60.4 Å². The van der Waals surface area contributed by atoms with Crippen LogP contribution in [0.25, 0.3) is 11.1 Å². The second-order valence-corrected chi connectivity index (χ2v) is 7.73. The van der Waals surface area contributed by atoms with Gasteiger partial charge in [0, 0.05) is 17.4 Å². The van der Waals surface area contributed by atoms with Crippen molar-refractivity contribution in [2.24, 2.45) is 0 Å². The summed E-state index contributed by atoms with van der Waals surface area (Å²) < 4.78 is 56.6. The highest BCUT2D eigenvalue weighted by molar-refractivity contribution is 7.90. The predicted octanol–water partition coefficient (Wildman–Crippen LogP) is 3.74. The van der Waals surface area contributed by atoms with E-state index in [4.69, 9.17) is 4.74 Å². The third-order valence-corrected chi connectivity index (χ3v) is 5.03. The second kappa shape index (κ2) is 6.49. The highest BCUT2D eigenvalue weighted by Crippen LogP contribution is 2.41. The Balaban J connectivity index is 2.29. The van der Waals surface area contributed by atoms with Gasteiger partial charge in [-0.05, 0) is 48.9 Å². The zero-order chi connectivity index (χ0) is 19.1. The molecule has 0 atom stereocenters. The van der Waals surface area contributed by atoms with Gasteiger partial charge < -0.3 is 4.74 Å². The number of hydrogen-bond acceptors (Lipinski definition) is 4. The molecule has 1 heterocycles. The third-order valence-electron chi connectivity index (χ3n) is 3.92. The molecule has 0 unspecified atom stereocenters. The number of rotatable bonds is 3. The number of hydrogen-bond donors (Lipinski definition) is 0. The maximum atomic E-state index is 14.7. The van der Waals surface area contributed by atoms with Crippen LogP contribution < -0.4 is 0 Å². The number of ether oxygens (including phenoxy) is 1. The first-order valence-corrected chi connectivity index (χ1v) is 9.50. The molecular weight excluding hydrogens is 362 g/mol. The van der Waals surface area contributed by atoms with Crippen molar-refractivity contribution >= 4 is 27.0 Å². The van der Waals surface area contributed by atoms with Crippen LogP contribution >= 0.6 is 0 Å². The average Bonchev–Trinajstić information content (AvgIpc) is 2.90. The highest BCUT2D eigenvalue weighted by atomic mass is 32.2. The van der Waals surface area contributed by atoms with E-state index in [1.807, 2.05) is 0 Å². The number of carbonyl (C=O) groups is 1. The number of allylic oxidation sites excluding steroid dienone is 2. The molecule has 0 spiro atoms. The highest BCUT2D eigenvalue weighted by Gasteiger charge is 2.33. The fourth-order valence-corrected chi connectivity index (χ4v) is 3.37. The van der Waals surface area contributed by atoms with Gasteiger partial charge in [0.2, 0.25) is 0 Å². The summed E-state index contributed by atoms with van der Waals surface area (Å²) in [6.45, 7) is 1.61. The van der Waals surface area contributed by atoms with Crippen LogP contribution in [0.3, 0.4) is 0 Å². The molecule has 0 aliphatic carbocycles. The summed E-state index contributed by atoms with van der Waals surface area (Å²) in [7, 11) is -3.59. The van der Waals surface area contributed by atoms with Crippen LogP contribution in [0.1, 0.15) is 18.1 Å². The van der Waals surface area contributed by atoms with Gasteiger partial charge in [0.25, 0.3) is 0 Å². The van der Waals surface area contributed by atoms with Gasteiger partial charge in [-0.3, -0.25) is 0 Å². The first-order chi connectivity index (χ1) is 12.2. The van der Waals surface area contributed by atoms with Crippen molar-refractivity contribution in [2.45, 2.75) is 11.8 Å². The van der Waals surface area contributed by atoms with Crippen LogP contribution in [0.5, 0.6) is 0 Å². The van der Waals surface area contributed by atoms with Crippen molar-refractivity contribution in [1.29, 1.82) is 0 Å². The van der Waals surface area contributed by atoms with Crippen molar-refractivity contribution in [3.63, 3.8) is 0 Å². The molecule has 0 saturated carbocycles. The molecule has 1 aliphatic rings. The Labute approximate surface area is 149 Å². The van der Waals surface area contributed by atoms with E-state index in [2.05, 4.69) is 0 Å². The predicted molar refractivity (Wildman–Crippen MR) is 92.6 cm³/mol. The molecule has 3 rings (SSSR count). The van der Waals surface area contributed by atoms with E-state index in [-0.39, 0.29) is 32.9 Å². The van der Waals surface area contributed by atoms with Crippen LogP contribution in [-0.2, 0) is 19.4 Å². The standard InChI is InChI=1S/C19H14F2O4S/c1-3-16-18(14-8-7-13(10-15(14)21)26(2,23)24)17(19(22)25-16)11-5-4-6-12(20)9-11/h3-10H,1-2H3/b16-3-. The molecule has 0 amide bonds. The van der Waals surface area contributed by atoms with Gasteiger partial charge in [-0.25, -0.2) is 22.0 Å². The van der Waals surface area contributed by atoms with Crippen molar-refractivity contribution in [3.8, 4) is 0 Å². The van der Waals surface area contributed by atoms with E-state index in [9.17, 15) is 22.0 Å². The summed E-state index contributed by atoms with van der Waals surface area (Å²) in [5.74, 6) is -1.98.